The minimum Gasteiger partial charge on any atom is -0.481 e. The minimum absolute atomic E-state index is 0.120. The minimum atomic E-state index is -1.00. The number of carbonyl (C=O) groups is 3. The average molecular weight is 474 g/mol. The highest BCUT2D eigenvalue weighted by atomic mass is 16.7. The molecule has 4 rings (SSSR count). The molecule has 0 radical (unpaired) electrons. The van der Waals surface area contributed by atoms with E-state index in [-0.39, 0.29) is 30.9 Å². The molecule has 9 nitrogen and oxygen atoms in total. The number of piperidine rings is 2. The Morgan fingerprint density at radius 2 is 1.88 bits per heavy atom. The summed E-state index contributed by atoms with van der Waals surface area (Å²) in [6, 6.07) is 4.51. The largest absolute Gasteiger partial charge is 0.481 e. The zero-order chi connectivity index (χ0) is 24.1. The smallest absolute Gasteiger partial charge is 0.305 e. The fraction of sp³-hybridized carbons (Fsp3) is 0.640. The Morgan fingerprint density at radius 3 is 2.65 bits per heavy atom. The van der Waals surface area contributed by atoms with Gasteiger partial charge < -0.3 is 29.7 Å². The van der Waals surface area contributed by atoms with E-state index in [2.05, 4.69) is 17.3 Å². The molecule has 2 fully saturated rings. The molecule has 3 aliphatic heterocycles. The van der Waals surface area contributed by atoms with E-state index in [1.807, 2.05) is 4.90 Å². The Balaban J connectivity index is 1.32. The van der Waals surface area contributed by atoms with Gasteiger partial charge in [0.1, 0.15) is 0 Å². The molecule has 0 spiro atoms. The van der Waals surface area contributed by atoms with Crippen LogP contribution in [0.5, 0.6) is 11.5 Å². The lowest BCUT2D eigenvalue weighted by Gasteiger charge is -2.34. The van der Waals surface area contributed by atoms with Gasteiger partial charge in [0.05, 0.1) is 18.4 Å². The summed E-state index contributed by atoms with van der Waals surface area (Å²) >= 11 is 0. The Bertz CT molecular complexity index is 899. The van der Waals surface area contributed by atoms with Gasteiger partial charge in [0.15, 0.2) is 11.5 Å². The normalized spacial score (nSPS) is 21.8. The molecule has 3 heterocycles. The van der Waals surface area contributed by atoms with E-state index in [9.17, 15) is 19.5 Å². The van der Waals surface area contributed by atoms with Gasteiger partial charge in [-0.05, 0) is 75.9 Å². The van der Waals surface area contributed by atoms with Gasteiger partial charge in [0.2, 0.25) is 18.6 Å². The number of benzene rings is 1. The standard InChI is InChI=1S/C25H35N3O6/c1-27-11-8-17(9-12-27)4-7-23(29)28-10-2-3-19(15-28)25(32)26-20(14-24(30)31)18-5-6-21-22(13-18)34-16-33-21/h5-6,13,17,19-20H,2-4,7-12,14-16H2,1H3,(H,26,32)(H,30,31)/t19-,20+/m1/s1. The molecule has 3 aliphatic rings. The first-order chi connectivity index (χ1) is 16.4. The average Bonchev–Trinajstić information content (AvgIpc) is 3.31. The van der Waals surface area contributed by atoms with Gasteiger partial charge in [-0.2, -0.15) is 0 Å². The maximum Gasteiger partial charge on any atom is 0.305 e. The van der Waals surface area contributed by atoms with Gasteiger partial charge in [-0.25, -0.2) is 0 Å². The van der Waals surface area contributed by atoms with Crippen LogP contribution in [-0.4, -0.2) is 72.7 Å². The fourth-order valence-corrected chi connectivity index (χ4v) is 5.10. The molecular formula is C25H35N3O6. The molecule has 2 atom stereocenters. The molecule has 2 N–H and O–H groups in total. The molecule has 1 aromatic carbocycles. The summed E-state index contributed by atoms with van der Waals surface area (Å²) in [7, 11) is 2.13. The molecule has 0 aromatic heterocycles. The van der Waals surface area contributed by atoms with Crippen LogP contribution in [0.2, 0.25) is 0 Å². The Morgan fingerprint density at radius 1 is 1.12 bits per heavy atom. The van der Waals surface area contributed by atoms with Gasteiger partial charge in [-0.1, -0.05) is 6.07 Å². The van der Waals surface area contributed by atoms with E-state index in [0.717, 1.165) is 38.8 Å². The van der Waals surface area contributed by atoms with Crippen LogP contribution in [0, 0.1) is 11.8 Å². The fourth-order valence-electron chi connectivity index (χ4n) is 5.10. The molecular weight excluding hydrogens is 438 g/mol. The van der Waals surface area contributed by atoms with Crippen LogP contribution in [0.25, 0.3) is 0 Å². The van der Waals surface area contributed by atoms with Crippen molar-refractivity contribution >= 4 is 17.8 Å². The number of carboxylic acids is 1. The van der Waals surface area contributed by atoms with Gasteiger partial charge in [-0.3, -0.25) is 14.4 Å². The number of carbonyl (C=O) groups excluding carboxylic acids is 2. The third-order valence-electron chi connectivity index (χ3n) is 7.24. The van der Waals surface area contributed by atoms with E-state index >= 15 is 0 Å². The van der Waals surface area contributed by atoms with Crippen molar-refractivity contribution in [1.82, 2.24) is 15.1 Å². The summed E-state index contributed by atoms with van der Waals surface area (Å²) in [6.07, 6.45) is 4.93. The zero-order valence-corrected chi connectivity index (χ0v) is 19.8. The summed E-state index contributed by atoms with van der Waals surface area (Å²) in [5.74, 6) is 0.309. The van der Waals surface area contributed by atoms with Crippen molar-refractivity contribution in [1.29, 1.82) is 0 Å². The molecule has 0 bridgehead atoms. The number of fused-ring (bicyclic) bond motifs is 1. The van der Waals surface area contributed by atoms with E-state index in [4.69, 9.17) is 9.47 Å². The van der Waals surface area contributed by atoms with Gasteiger partial charge >= 0.3 is 5.97 Å². The third kappa shape index (κ3) is 6.20. The lowest BCUT2D eigenvalue weighted by molar-refractivity contribution is -0.138. The van der Waals surface area contributed by atoms with Crippen LogP contribution >= 0.6 is 0 Å². The first-order valence-corrected chi connectivity index (χ1v) is 12.3. The number of carboxylic acid groups (broad SMARTS) is 1. The van der Waals surface area contributed by atoms with Crippen molar-refractivity contribution in [2.24, 2.45) is 11.8 Å². The SMILES string of the molecule is CN1CCC(CCC(=O)N2CCC[C@@H](C(=O)N[C@@H](CC(=O)O)c3ccc4c(c3)OCO4)C2)CC1. The van der Waals surface area contributed by atoms with Crippen LogP contribution in [0.4, 0.5) is 0 Å². The van der Waals surface area contributed by atoms with Crippen molar-refractivity contribution in [2.75, 3.05) is 40.0 Å². The molecule has 0 aliphatic carbocycles. The van der Waals surface area contributed by atoms with E-state index < -0.39 is 12.0 Å². The summed E-state index contributed by atoms with van der Waals surface area (Å²) in [6.45, 7) is 3.37. The molecule has 0 unspecified atom stereocenters. The van der Waals surface area contributed by atoms with Crippen molar-refractivity contribution in [2.45, 2.75) is 51.0 Å². The molecule has 1 aromatic rings. The number of hydrogen-bond donors (Lipinski definition) is 2. The summed E-state index contributed by atoms with van der Waals surface area (Å²) in [4.78, 5) is 41.6. The second-order valence-electron chi connectivity index (χ2n) is 9.74. The number of aliphatic carboxylic acids is 1. The topological polar surface area (TPSA) is 108 Å². The maximum atomic E-state index is 13.1. The molecule has 2 saturated heterocycles. The number of likely N-dealkylation sites (tertiary alicyclic amines) is 2. The van der Waals surface area contributed by atoms with Crippen LogP contribution in [0.15, 0.2) is 18.2 Å². The van der Waals surface area contributed by atoms with Gasteiger partial charge in [-0.15, -0.1) is 0 Å². The van der Waals surface area contributed by atoms with Crippen LogP contribution in [0.1, 0.15) is 56.6 Å². The summed E-state index contributed by atoms with van der Waals surface area (Å²) in [5.41, 5.74) is 0.655. The van der Waals surface area contributed by atoms with Crippen molar-refractivity contribution < 1.29 is 29.0 Å². The Labute approximate surface area is 200 Å². The number of rotatable bonds is 8. The molecule has 9 heteroatoms. The first-order valence-electron chi connectivity index (χ1n) is 12.3. The van der Waals surface area contributed by atoms with Crippen molar-refractivity contribution in [3.8, 4) is 11.5 Å². The van der Waals surface area contributed by atoms with Gasteiger partial charge in [0.25, 0.3) is 0 Å². The second kappa shape index (κ2) is 11.1. The van der Waals surface area contributed by atoms with Crippen molar-refractivity contribution in [3.63, 3.8) is 0 Å². The summed E-state index contributed by atoms with van der Waals surface area (Å²) < 4.78 is 10.7. The molecule has 0 saturated carbocycles. The number of amides is 2. The number of nitrogens with one attached hydrogen (secondary N) is 1. The highest BCUT2D eigenvalue weighted by Crippen LogP contribution is 2.35. The lowest BCUT2D eigenvalue weighted by atomic mass is 9.91. The highest BCUT2D eigenvalue weighted by Gasteiger charge is 2.31. The zero-order valence-electron chi connectivity index (χ0n) is 19.8. The summed E-state index contributed by atoms with van der Waals surface area (Å²) in [5, 5.41) is 12.3. The Hall–Kier alpha value is -2.81. The third-order valence-corrected chi connectivity index (χ3v) is 7.24. The van der Waals surface area contributed by atoms with E-state index in [1.54, 1.807) is 18.2 Å². The monoisotopic (exact) mass is 473 g/mol. The molecule has 34 heavy (non-hydrogen) atoms. The van der Waals surface area contributed by atoms with Crippen LogP contribution < -0.4 is 14.8 Å². The predicted octanol–water partition coefficient (Wildman–Crippen LogP) is 2.41. The molecule has 2 amide bonds. The Kier molecular flexibility index (Phi) is 7.92. The second-order valence-corrected chi connectivity index (χ2v) is 9.74. The maximum absolute atomic E-state index is 13.1. The van der Waals surface area contributed by atoms with Gasteiger partial charge in [0, 0.05) is 19.5 Å². The van der Waals surface area contributed by atoms with E-state index in [0.29, 0.717) is 48.9 Å². The quantitative estimate of drug-likeness (QED) is 0.597. The first kappa shape index (κ1) is 24.3. The van der Waals surface area contributed by atoms with Crippen LogP contribution in [0.3, 0.4) is 0 Å². The van der Waals surface area contributed by atoms with Crippen LogP contribution in [-0.2, 0) is 14.4 Å². The number of nitrogens with zero attached hydrogens (tertiary/aromatic N) is 2. The van der Waals surface area contributed by atoms with E-state index in [1.165, 1.54) is 0 Å². The highest BCUT2D eigenvalue weighted by molar-refractivity contribution is 5.82. The molecule has 186 valence electrons. The number of ether oxygens (including phenoxy) is 2. The lowest BCUT2D eigenvalue weighted by Crippen LogP contribution is -2.46. The van der Waals surface area contributed by atoms with Crippen molar-refractivity contribution in [3.05, 3.63) is 23.8 Å². The number of hydrogen-bond acceptors (Lipinski definition) is 6. The predicted molar refractivity (Wildman–Crippen MR) is 124 cm³/mol.